The van der Waals surface area contributed by atoms with Crippen molar-refractivity contribution in [1.82, 2.24) is 5.32 Å². The molecule has 12 nitrogen and oxygen atoms in total. The monoisotopic (exact) mass is 612 g/mol. The highest BCUT2D eigenvalue weighted by atomic mass is 79.9. The number of rotatable bonds is 8. The summed E-state index contributed by atoms with van der Waals surface area (Å²) >= 11 is 3.32. The van der Waals surface area contributed by atoms with Crippen molar-refractivity contribution in [1.29, 1.82) is 0 Å². The fourth-order valence-corrected chi connectivity index (χ4v) is 4.19. The van der Waals surface area contributed by atoms with Crippen LogP contribution in [-0.2, 0) is 14.4 Å². The Morgan fingerprint density at radius 1 is 1.12 bits per heavy atom. The summed E-state index contributed by atoms with van der Waals surface area (Å²) in [5.74, 6) is -2.55. The van der Waals surface area contributed by atoms with E-state index >= 15 is 0 Å². The molecule has 1 fully saturated rings. The zero-order valence-corrected chi connectivity index (χ0v) is 22.1. The Labute approximate surface area is 233 Å². The summed E-state index contributed by atoms with van der Waals surface area (Å²) in [4.78, 5) is 61.3. The minimum atomic E-state index is -1.01. The van der Waals surface area contributed by atoms with Crippen molar-refractivity contribution in [2.75, 3.05) is 23.9 Å². The van der Waals surface area contributed by atoms with Gasteiger partial charge in [0.1, 0.15) is 11.4 Å². The highest BCUT2D eigenvalue weighted by molar-refractivity contribution is 9.10. The minimum absolute atomic E-state index is 0.0212. The van der Waals surface area contributed by atoms with Gasteiger partial charge in [-0.2, -0.15) is 0 Å². The van der Waals surface area contributed by atoms with Crippen molar-refractivity contribution in [3.05, 3.63) is 92.2 Å². The number of nitrogens with zero attached hydrogens (tertiary/aromatic N) is 2. The van der Waals surface area contributed by atoms with Crippen LogP contribution in [0.5, 0.6) is 11.5 Å². The first-order chi connectivity index (χ1) is 19.1. The summed E-state index contributed by atoms with van der Waals surface area (Å²) in [6, 6.07) is 11.8. The zero-order chi connectivity index (χ0) is 29.0. The Morgan fingerprint density at radius 3 is 2.42 bits per heavy atom. The molecule has 4 rings (SSSR count). The molecule has 0 aliphatic carbocycles. The standard InChI is InChI=1S/C26H18BrFN4O8/c1-39-21-12-14(11-20(27)23(21)40-13-22(33)29-16-4-2-15(28)3-5-16)10-19-24(34)30-26(36)31(25(19)35)17-6-8-18(9-7-17)32(37)38/h2-12H,13H2,1H3,(H,29,33)(H,30,34,36)/b19-10-. The first-order valence-corrected chi connectivity index (χ1v) is 12.1. The van der Waals surface area contributed by atoms with Crippen LogP contribution in [0, 0.1) is 15.9 Å². The number of carbonyl (C=O) groups is 4. The highest BCUT2D eigenvalue weighted by Gasteiger charge is 2.37. The van der Waals surface area contributed by atoms with E-state index in [1.54, 1.807) is 0 Å². The number of ether oxygens (including phenoxy) is 2. The van der Waals surface area contributed by atoms with Crippen LogP contribution >= 0.6 is 15.9 Å². The third-order valence-corrected chi connectivity index (χ3v) is 6.05. The Kier molecular flexibility index (Phi) is 8.19. The number of benzene rings is 3. The molecule has 3 aromatic carbocycles. The molecule has 1 aliphatic heterocycles. The van der Waals surface area contributed by atoms with E-state index in [0.717, 1.165) is 12.1 Å². The highest BCUT2D eigenvalue weighted by Crippen LogP contribution is 2.37. The van der Waals surface area contributed by atoms with Gasteiger partial charge in [-0.25, -0.2) is 14.1 Å². The second-order valence-corrected chi connectivity index (χ2v) is 8.96. The van der Waals surface area contributed by atoms with Gasteiger partial charge in [0.15, 0.2) is 18.1 Å². The van der Waals surface area contributed by atoms with E-state index in [1.807, 2.05) is 0 Å². The van der Waals surface area contributed by atoms with Crippen LogP contribution in [0.15, 0.2) is 70.7 Å². The second-order valence-electron chi connectivity index (χ2n) is 8.11. The van der Waals surface area contributed by atoms with Crippen molar-refractivity contribution in [3.8, 4) is 11.5 Å². The van der Waals surface area contributed by atoms with Crippen LogP contribution in [-0.4, -0.2) is 42.4 Å². The molecule has 1 saturated heterocycles. The van der Waals surface area contributed by atoms with E-state index in [0.29, 0.717) is 20.6 Å². The average molecular weight is 613 g/mol. The number of amides is 5. The first-order valence-electron chi connectivity index (χ1n) is 11.3. The number of nitro benzene ring substituents is 1. The molecular formula is C26H18BrFN4O8. The number of anilines is 2. The largest absolute Gasteiger partial charge is 0.493 e. The predicted octanol–water partition coefficient (Wildman–Crippen LogP) is 4.19. The number of urea groups is 1. The maximum Gasteiger partial charge on any atom is 0.335 e. The number of imide groups is 2. The van der Waals surface area contributed by atoms with Crippen LogP contribution in [0.3, 0.4) is 0 Å². The minimum Gasteiger partial charge on any atom is -0.493 e. The van der Waals surface area contributed by atoms with Crippen molar-refractivity contribution in [2.24, 2.45) is 0 Å². The van der Waals surface area contributed by atoms with E-state index in [-0.39, 0.29) is 28.4 Å². The number of hydrogen-bond donors (Lipinski definition) is 2. The number of nitrogens with one attached hydrogen (secondary N) is 2. The fraction of sp³-hybridized carbons (Fsp3) is 0.0769. The summed E-state index contributed by atoms with van der Waals surface area (Å²) in [5.41, 5.74) is 0.0721. The molecule has 0 radical (unpaired) electrons. The number of halogens is 2. The maximum absolute atomic E-state index is 13.1. The quantitative estimate of drug-likeness (QED) is 0.166. The normalized spacial score (nSPS) is 14.1. The molecule has 0 atom stereocenters. The number of non-ortho nitro benzene ring substituents is 1. The van der Waals surface area contributed by atoms with Gasteiger partial charge in [0, 0.05) is 17.8 Å². The van der Waals surface area contributed by atoms with E-state index in [9.17, 15) is 33.7 Å². The van der Waals surface area contributed by atoms with Crippen LogP contribution in [0.2, 0.25) is 0 Å². The van der Waals surface area contributed by atoms with Gasteiger partial charge in [-0.1, -0.05) is 0 Å². The molecule has 1 heterocycles. The van der Waals surface area contributed by atoms with E-state index in [2.05, 4.69) is 26.6 Å². The molecule has 2 N–H and O–H groups in total. The molecule has 5 amide bonds. The van der Waals surface area contributed by atoms with Gasteiger partial charge in [0.2, 0.25) is 0 Å². The summed E-state index contributed by atoms with van der Waals surface area (Å²) in [6.45, 7) is -0.417. The maximum atomic E-state index is 13.1. The van der Waals surface area contributed by atoms with Gasteiger partial charge in [0.25, 0.3) is 23.4 Å². The van der Waals surface area contributed by atoms with Gasteiger partial charge in [0.05, 0.1) is 22.2 Å². The molecule has 0 saturated carbocycles. The lowest BCUT2D eigenvalue weighted by Gasteiger charge is -2.26. The lowest BCUT2D eigenvalue weighted by Crippen LogP contribution is -2.54. The van der Waals surface area contributed by atoms with Gasteiger partial charge in [-0.3, -0.25) is 29.8 Å². The lowest BCUT2D eigenvalue weighted by molar-refractivity contribution is -0.384. The number of nitro groups is 1. The molecule has 40 heavy (non-hydrogen) atoms. The summed E-state index contributed by atoms with van der Waals surface area (Å²) in [5, 5.41) is 15.5. The van der Waals surface area contributed by atoms with E-state index < -0.39 is 41.1 Å². The summed E-state index contributed by atoms with van der Waals surface area (Å²) < 4.78 is 24.3. The van der Waals surface area contributed by atoms with E-state index in [4.69, 9.17) is 9.47 Å². The predicted molar refractivity (Wildman–Crippen MR) is 143 cm³/mol. The second kappa shape index (κ2) is 11.7. The molecule has 0 bridgehead atoms. The Morgan fingerprint density at radius 2 is 1.80 bits per heavy atom. The average Bonchev–Trinajstić information content (AvgIpc) is 2.91. The molecule has 0 unspecified atom stereocenters. The smallest absolute Gasteiger partial charge is 0.335 e. The van der Waals surface area contributed by atoms with Crippen molar-refractivity contribution < 1.29 is 38.0 Å². The molecule has 0 aromatic heterocycles. The number of hydrogen-bond acceptors (Lipinski definition) is 8. The van der Waals surface area contributed by atoms with Gasteiger partial charge < -0.3 is 14.8 Å². The van der Waals surface area contributed by atoms with Crippen LogP contribution in [0.1, 0.15) is 5.56 Å². The summed E-state index contributed by atoms with van der Waals surface area (Å²) in [6.07, 6.45) is 1.22. The van der Waals surface area contributed by atoms with Crippen molar-refractivity contribution in [3.63, 3.8) is 0 Å². The van der Waals surface area contributed by atoms with Crippen molar-refractivity contribution >= 4 is 62.8 Å². The third kappa shape index (κ3) is 6.13. The van der Waals surface area contributed by atoms with Crippen LogP contribution < -0.4 is 25.0 Å². The van der Waals surface area contributed by atoms with Gasteiger partial charge >= 0.3 is 6.03 Å². The van der Waals surface area contributed by atoms with Crippen molar-refractivity contribution in [2.45, 2.75) is 0 Å². The SMILES string of the molecule is COc1cc(/C=C2/C(=O)NC(=O)N(c3ccc([N+](=O)[O-])cc3)C2=O)cc(Br)c1OCC(=O)Nc1ccc(F)cc1. The fourth-order valence-electron chi connectivity index (χ4n) is 3.61. The van der Waals surface area contributed by atoms with Crippen LogP contribution in [0.25, 0.3) is 6.08 Å². The zero-order valence-electron chi connectivity index (χ0n) is 20.5. The van der Waals surface area contributed by atoms with Gasteiger partial charge in [-0.05, 0) is 76.1 Å². The number of barbiturate groups is 1. The lowest BCUT2D eigenvalue weighted by atomic mass is 10.1. The molecule has 14 heteroatoms. The Balaban J connectivity index is 1.55. The number of methoxy groups -OCH3 is 1. The molecular weight excluding hydrogens is 595 g/mol. The Hall–Kier alpha value is -5.11. The first kappa shape index (κ1) is 27.9. The molecule has 1 aliphatic rings. The molecule has 0 spiro atoms. The topological polar surface area (TPSA) is 157 Å². The third-order valence-electron chi connectivity index (χ3n) is 5.46. The summed E-state index contributed by atoms with van der Waals surface area (Å²) in [7, 11) is 1.34. The van der Waals surface area contributed by atoms with Crippen LogP contribution in [0.4, 0.5) is 26.2 Å². The molecule has 3 aromatic rings. The number of carbonyl (C=O) groups excluding carboxylic acids is 4. The molecule has 204 valence electrons. The van der Waals surface area contributed by atoms with E-state index in [1.165, 1.54) is 61.7 Å². The Bertz CT molecular complexity index is 1560. The van der Waals surface area contributed by atoms with Gasteiger partial charge in [-0.15, -0.1) is 0 Å².